The van der Waals surface area contributed by atoms with Gasteiger partial charge in [0.2, 0.25) is 0 Å². The van der Waals surface area contributed by atoms with E-state index in [1.165, 1.54) is 4.88 Å². The van der Waals surface area contributed by atoms with Gasteiger partial charge in [0.15, 0.2) is 0 Å². The number of rotatable bonds is 7. The van der Waals surface area contributed by atoms with Crippen LogP contribution in [0.5, 0.6) is 5.75 Å². The van der Waals surface area contributed by atoms with Crippen LogP contribution in [0.15, 0.2) is 36.0 Å². The quantitative estimate of drug-likeness (QED) is 0.843. The van der Waals surface area contributed by atoms with Gasteiger partial charge in [-0.3, -0.25) is 4.98 Å². The highest BCUT2D eigenvalue weighted by Crippen LogP contribution is 2.17. The maximum absolute atomic E-state index is 5.87. The maximum Gasteiger partial charge on any atom is 0.126 e. The molecular formula is C15H20N2OS. The third-order valence-electron chi connectivity index (χ3n) is 2.75. The molecule has 0 saturated carbocycles. The Morgan fingerprint density at radius 3 is 3.00 bits per heavy atom. The first kappa shape index (κ1) is 14.0. The predicted molar refractivity (Wildman–Crippen MR) is 79.7 cm³/mol. The molecule has 0 aromatic carbocycles. The molecule has 0 aliphatic rings. The molecule has 0 amide bonds. The van der Waals surface area contributed by atoms with Gasteiger partial charge in [-0.2, -0.15) is 0 Å². The van der Waals surface area contributed by atoms with Crippen molar-refractivity contribution in [3.63, 3.8) is 0 Å². The molecule has 3 nitrogen and oxygen atoms in total. The predicted octanol–water partition coefficient (Wildman–Crippen LogP) is 3.26. The Balaban J connectivity index is 1.88. The zero-order valence-corrected chi connectivity index (χ0v) is 12.2. The van der Waals surface area contributed by atoms with Crippen LogP contribution < -0.4 is 10.1 Å². The first-order valence-electron chi connectivity index (χ1n) is 6.57. The van der Waals surface area contributed by atoms with Crippen molar-refractivity contribution >= 4 is 11.3 Å². The van der Waals surface area contributed by atoms with Crippen molar-refractivity contribution < 1.29 is 4.74 Å². The van der Waals surface area contributed by atoms with Gasteiger partial charge >= 0.3 is 0 Å². The highest BCUT2D eigenvalue weighted by molar-refractivity contribution is 7.09. The molecule has 0 spiro atoms. The minimum absolute atomic E-state index is 0.458. The zero-order valence-electron chi connectivity index (χ0n) is 11.4. The van der Waals surface area contributed by atoms with E-state index in [-0.39, 0.29) is 0 Å². The van der Waals surface area contributed by atoms with Crippen molar-refractivity contribution in [2.45, 2.75) is 32.9 Å². The van der Waals surface area contributed by atoms with Crippen LogP contribution in [-0.2, 0) is 13.0 Å². The summed E-state index contributed by atoms with van der Waals surface area (Å²) in [7, 11) is 0. The standard InChI is InChI=1S/C15H20N2OS/c1-12(2)17-11-13-10-16-7-5-15(13)18-8-6-14-4-3-9-19-14/h3-5,7,9-10,12,17H,6,8,11H2,1-2H3. The first-order chi connectivity index (χ1) is 9.25. The Morgan fingerprint density at radius 2 is 2.26 bits per heavy atom. The van der Waals surface area contributed by atoms with Gasteiger partial charge < -0.3 is 10.1 Å². The van der Waals surface area contributed by atoms with Gasteiger partial charge in [-0.15, -0.1) is 11.3 Å². The van der Waals surface area contributed by atoms with E-state index < -0.39 is 0 Å². The number of aromatic nitrogens is 1. The number of hydrogen-bond donors (Lipinski definition) is 1. The molecular weight excluding hydrogens is 256 g/mol. The van der Waals surface area contributed by atoms with Crippen LogP contribution >= 0.6 is 11.3 Å². The maximum atomic E-state index is 5.87. The van der Waals surface area contributed by atoms with E-state index in [2.05, 4.69) is 41.7 Å². The average molecular weight is 276 g/mol. The molecule has 1 N–H and O–H groups in total. The number of hydrogen-bond acceptors (Lipinski definition) is 4. The zero-order chi connectivity index (χ0) is 13.5. The summed E-state index contributed by atoms with van der Waals surface area (Å²) in [6.07, 6.45) is 4.60. The van der Waals surface area contributed by atoms with Crippen LogP contribution in [-0.4, -0.2) is 17.6 Å². The molecule has 0 aliphatic heterocycles. The molecule has 0 atom stereocenters. The molecule has 0 unspecified atom stereocenters. The van der Waals surface area contributed by atoms with Crippen molar-refractivity contribution in [3.8, 4) is 5.75 Å². The van der Waals surface area contributed by atoms with Crippen molar-refractivity contribution in [3.05, 3.63) is 46.4 Å². The summed E-state index contributed by atoms with van der Waals surface area (Å²) >= 11 is 1.77. The van der Waals surface area contributed by atoms with Crippen LogP contribution in [0.3, 0.4) is 0 Å². The third kappa shape index (κ3) is 4.65. The molecule has 2 aromatic heterocycles. The fourth-order valence-electron chi connectivity index (χ4n) is 1.72. The number of thiophene rings is 1. The van der Waals surface area contributed by atoms with Crippen molar-refractivity contribution in [2.75, 3.05) is 6.61 Å². The summed E-state index contributed by atoms with van der Waals surface area (Å²) in [5.74, 6) is 0.930. The SMILES string of the molecule is CC(C)NCc1cnccc1OCCc1cccs1. The second-order valence-corrected chi connectivity index (χ2v) is 5.73. The van der Waals surface area contributed by atoms with Gasteiger partial charge in [0.1, 0.15) is 5.75 Å². The minimum Gasteiger partial charge on any atom is -0.493 e. The summed E-state index contributed by atoms with van der Waals surface area (Å²) in [6.45, 7) is 5.76. The number of nitrogens with one attached hydrogen (secondary N) is 1. The molecule has 2 heterocycles. The molecule has 19 heavy (non-hydrogen) atoms. The van der Waals surface area contributed by atoms with Gasteiger partial charge in [-0.25, -0.2) is 0 Å². The van der Waals surface area contributed by atoms with Crippen molar-refractivity contribution in [1.29, 1.82) is 0 Å². The second-order valence-electron chi connectivity index (χ2n) is 4.70. The fraction of sp³-hybridized carbons (Fsp3) is 0.400. The fourth-order valence-corrected chi connectivity index (χ4v) is 2.41. The van der Waals surface area contributed by atoms with E-state index in [0.29, 0.717) is 12.6 Å². The van der Waals surface area contributed by atoms with Crippen LogP contribution in [0.2, 0.25) is 0 Å². The average Bonchev–Trinajstić information content (AvgIpc) is 2.91. The van der Waals surface area contributed by atoms with Gasteiger partial charge in [-0.05, 0) is 17.5 Å². The van der Waals surface area contributed by atoms with E-state index in [1.807, 2.05) is 12.3 Å². The minimum atomic E-state index is 0.458. The summed E-state index contributed by atoms with van der Waals surface area (Å²) in [5.41, 5.74) is 1.11. The molecule has 0 radical (unpaired) electrons. The molecule has 4 heteroatoms. The molecule has 0 fully saturated rings. The molecule has 0 aliphatic carbocycles. The van der Waals surface area contributed by atoms with E-state index in [1.54, 1.807) is 17.5 Å². The Bertz CT molecular complexity index is 483. The van der Waals surface area contributed by atoms with E-state index >= 15 is 0 Å². The van der Waals surface area contributed by atoms with Crippen LogP contribution in [0, 0.1) is 0 Å². The molecule has 2 rings (SSSR count). The first-order valence-corrected chi connectivity index (χ1v) is 7.45. The Hall–Kier alpha value is -1.39. The number of pyridine rings is 1. The molecule has 102 valence electrons. The third-order valence-corrected chi connectivity index (χ3v) is 3.68. The lowest BCUT2D eigenvalue weighted by Crippen LogP contribution is -2.22. The van der Waals surface area contributed by atoms with E-state index in [0.717, 1.165) is 24.3 Å². The monoisotopic (exact) mass is 276 g/mol. The van der Waals surface area contributed by atoms with E-state index in [4.69, 9.17) is 4.74 Å². The normalized spacial score (nSPS) is 10.9. The van der Waals surface area contributed by atoms with Crippen LogP contribution in [0.25, 0.3) is 0 Å². The Kier molecular flexibility index (Phi) is 5.36. The van der Waals surface area contributed by atoms with Gasteiger partial charge in [-0.1, -0.05) is 19.9 Å². The van der Waals surface area contributed by atoms with Gasteiger partial charge in [0.25, 0.3) is 0 Å². The highest BCUT2D eigenvalue weighted by atomic mass is 32.1. The highest BCUT2D eigenvalue weighted by Gasteiger charge is 2.04. The van der Waals surface area contributed by atoms with Gasteiger partial charge in [0, 0.05) is 41.8 Å². The largest absolute Gasteiger partial charge is 0.493 e. The molecule has 2 aromatic rings. The van der Waals surface area contributed by atoms with Crippen molar-refractivity contribution in [2.24, 2.45) is 0 Å². The number of nitrogens with zero attached hydrogens (tertiary/aromatic N) is 1. The lowest BCUT2D eigenvalue weighted by Gasteiger charge is -2.13. The lowest BCUT2D eigenvalue weighted by molar-refractivity contribution is 0.318. The van der Waals surface area contributed by atoms with Crippen LogP contribution in [0.1, 0.15) is 24.3 Å². The summed E-state index contributed by atoms with van der Waals surface area (Å²) in [5, 5.41) is 5.49. The van der Waals surface area contributed by atoms with Gasteiger partial charge in [0.05, 0.1) is 6.61 Å². The van der Waals surface area contributed by atoms with E-state index in [9.17, 15) is 0 Å². The molecule has 0 bridgehead atoms. The summed E-state index contributed by atoms with van der Waals surface area (Å²) < 4.78 is 5.87. The van der Waals surface area contributed by atoms with Crippen LogP contribution in [0.4, 0.5) is 0 Å². The second kappa shape index (κ2) is 7.26. The topological polar surface area (TPSA) is 34.2 Å². The summed E-state index contributed by atoms with van der Waals surface area (Å²) in [4.78, 5) is 5.52. The lowest BCUT2D eigenvalue weighted by atomic mass is 10.2. The Labute approximate surface area is 118 Å². The number of ether oxygens (including phenoxy) is 1. The smallest absolute Gasteiger partial charge is 0.126 e. The van der Waals surface area contributed by atoms with Crippen molar-refractivity contribution in [1.82, 2.24) is 10.3 Å². The molecule has 0 saturated heterocycles. The summed E-state index contributed by atoms with van der Waals surface area (Å²) in [6, 6.07) is 6.61. The Morgan fingerprint density at radius 1 is 1.37 bits per heavy atom.